The second kappa shape index (κ2) is 10.1. The number of hydrogen-bond donors (Lipinski definition) is 2. The number of benzene rings is 1. The third-order valence-electron chi connectivity index (χ3n) is 4.04. The number of rotatable bonds is 6. The first-order valence-corrected chi connectivity index (χ1v) is 7.89. The van der Waals surface area contributed by atoms with Crippen molar-refractivity contribution in [2.75, 3.05) is 26.9 Å². The van der Waals surface area contributed by atoms with E-state index in [-0.39, 0.29) is 30.3 Å². The van der Waals surface area contributed by atoms with Gasteiger partial charge in [0, 0.05) is 31.9 Å². The summed E-state index contributed by atoms with van der Waals surface area (Å²) in [5.74, 6) is 0.0388. The average molecular weight is 363 g/mol. The number of nitrogens with two attached hydrogens (primary N) is 1. The van der Waals surface area contributed by atoms with E-state index in [2.05, 4.69) is 5.32 Å². The topological polar surface area (TPSA) is 73.6 Å². The summed E-state index contributed by atoms with van der Waals surface area (Å²) in [6, 6.07) is 6.92. The van der Waals surface area contributed by atoms with Gasteiger partial charge in [0.15, 0.2) is 0 Å². The molecule has 1 amide bonds. The summed E-state index contributed by atoms with van der Waals surface area (Å²) in [4.78, 5) is 12.2. The number of amides is 1. The lowest BCUT2D eigenvalue weighted by molar-refractivity contribution is -0.124. The van der Waals surface area contributed by atoms with Gasteiger partial charge >= 0.3 is 0 Å². The molecule has 0 aliphatic carbocycles. The summed E-state index contributed by atoms with van der Waals surface area (Å²) in [6.07, 6.45) is 1.41. The van der Waals surface area contributed by atoms with Crippen LogP contribution >= 0.6 is 24.0 Å². The molecule has 1 aromatic carbocycles. The molecule has 2 unspecified atom stereocenters. The van der Waals surface area contributed by atoms with E-state index in [1.165, 1.54) is 0 Å². The quantitative estimate of drug-likeness (QED) is 0.814. The zero-order chi connectivity index (χ0) is 15.9. The van der Waals surface area contributed by atoms with Crippen LogP contribution in [0.15, 0.2) is 24.3 Å². The highest BCUT2D eigenvalue weighted by molar-refractivity contribution is 6.30. The lowest BCUT2D eigenvalue weighted by atomic mass is 9.92. The predicted octanol–water partition coefficient (Wildman–Crippen LogP) is 2.32. The Morgan fingerprint density at radius 2 is 2.17 bits per heavy atom. The van der Waals surface area contributed by atoms with Crippen molar-refractivity contribution in [3.05, 3.63) is 34.9 Å². The van der Waals surface area contributed by atoms with E-state index in [1.807, 2.05) is 18.2 Å². The van der Waals surface area contributed by atoms with Crippen molar-refractivity contribution in [3.8, 4) is 0 Å². The van der Waals surface area contributed by atoms with Crippen LogP contribution in [0.2, 0.25) is 5.02 Å². The Labute approximate surface area is 148 Å². The zero-order valence-corrected chi connectivity index (χ0v) is 14.7. The van der Waals surface area contributed by atoms with Gasteiger partial charge in [-0.3, -0.25) is 4.79 Å². The minimum Gasteiger partial charge on any atom is -0.381 e. The first-order chi connectivity index (χ1) is 10.6. The number of methoxy groups -OCH3 is 1. The highest BCUT2D eigenvalue weighted by Crippen LogP contribution is 2.21. The number of hydrogen-bond acceptors (Lipinski definition) is 4. The molecule has 130 valence electrons. The highest BCUT2D eigenvalue weighted by Gasteiger charge is 2.27. The summed E-state index contributed by atoms with van der Waals surface area (Å²) < 4.78 is 10.7. The maximum Gasteiger partial charge on any atom is 0.237 e. The van der Waals surface area contributed by atoms with E-state index < -0.39 is 6.04 Å². The summed E-state index contributed by atoms with van der Waals surface area (Å²) in [6.45, 7) is 1.72. The van der Waals surface area contributed by atoms with Gasteiger partial charge in [-0.25, -0.2) is 0 Å². The fourth-order valence-corrected chi connectivity index (χ4v) is 2.84. The molecule has 1 aromatic rings. The van der Waals surface area contributed by atoms with Crippen LogP contribution in [0.5, 0.6) is 0 Å². The number of halogens is 2. The summed E-state index contributed by atoms with van der Waals surface area (Å²) >= 11 is 5.99. The standard InChI is InChI=1S/C16H23ClN2O3.ClH/c1-21-14(12-3-2-4-13(17)9-12)10-19-16(20)15(18)11-5-7-22-8-6-11;/h2-4,9,11,14-15H,5-8,10,18H2,1H3,(H,19,20);1H. The molecule has 0 aromatic heterocycles. The van der Waals surface area contributed by atoms with Crippen molar-refractivity contribution in [3.63, 3.8) is 0 Å². The van der Waals surface area contributed by atoms with Crippen LogP contribution in [-0.2, 0) is 14.3 Å². The molecule has 23 heavy (non-hydrogen) atoms. The van der Waals surface area contributed by atoms with E-state index in [4.69, 9.17) is 26.8 Å². The Bertz CT molecular complexity index is 496. The van der Waals surface area contributed by atoms with E-state index in [0.29, 0.717) is 24.8 Å². The molecule has 0 spiro atoms. The fraction of sp³-hybridized carbons (Fsp3) is 0.562. The SMILES string of the molecule is COC(CNC(=O)C(N)C1CCOCC1)c1cccc(Cl)c1.Cl. The maximum atomic E-state index is 12.2. The summed E-state index contributed by atoms with van der Waals surface area (Å²) in [5, 5.41) is 3.52. The molecule has 5 nitrogen and oxygen atoms in total. The van der Waals surface area contributed by atoms with Gasteiger partial charge in [-0.2, -0.15) is 0 Å². The number of carbonyl (C=O) groups is 1. The third-order valence-corrected chi connectivity index (χ3v) is 4.28. The van der Waals surface area contributed by atoms with Gasteiger partial charge in [0.05, 0.1) is 12.1 Å². The summed E-state index contributed by atoms with van der Waals surface area (Å²) in [5.41, 5.74) is 6.98. The molecule has 3 N–H and O–H groups in total. The Hall–Kier alpha value is -0.850. The molecule has 1 fully saturated rings. The Morgan fingerprint density at radius 3 is 2.78 bits per heavy atom. The highest BCUT2D eigenvalue weighted by atomic mass is 35.5. The van der Waals surface area contributed by atoms with Gasteiger partial charge in [0.2, 0.25) is 5.91 Å². The normalized spacial score (nSPS) is 17.9. The van der Waals surface area contributed by atoms with E-state index in [9.17, 15) is 4.79 Å². The lowest BCUT2D eigenvalue weighted by Gasteiger charge is -2.27. The van der Waals surface area contributed by atoms with Gasteiger partial charge in [-0.1, -0.05) is 23.7 Å². The molecule has 1 aliphatic rings. The van der Waals surface area contributed by atoms with Crippen molar-refractivity contribution in [2.24, 2.45) is 11.7 Å². The van der Waals surface area contributed by atoms with Gasteiger partial charge in [-0.15, -0.1) is 12.4 Å². The monoisotopic (exact) mass is 362 g/mol. The van der Waals surface area contributed by atoms with Crippen LogP contribution in [0.4, 0.5) is 0 Å². The Kier molecular flexibility index (Phi) is 8.87. The molecule has 1 saturated heterocycles. The minimum atomic E-state index is -0.499. The van der Waals surface area contributed by atoms with Gasteiger partial charge in [-0.05, 0) is 36.5 Å². The van der Waals surface area contributed by atoms with Gasteiger partial charge in [0.25, 0.3) is 0 Å². The van der Waals surface area contributed by atoms with Crippen LogP contribution in [-0.4, -0.2) is 38.8 Å². The van der Waals surface area contributed by atoms with E-state index >= 15 is 0 Å². The third kappa shape index (κ3) is 5.94. The molecular formula is C16H24Cl2N2O3. The number of carbonyl (C=O) groups excluding carboxylic acids is 1. The molecule has 2 rings (SSSR count). The van der Waals surface area contributed by atoms with Crippen LogP contribution in [0.25, 0.3) is 0 Å². The van der Waals surface area contributed by atoms with Crippen molar-refractivity contribution in [1.29, 1.82) is 0 Å². The second-order valence-electron chi connectivity index (χ2n) is 5.50. The van der Waals surface area contributed by atoms with Crippen molar-refractivity contribution in [2.45, 2.75) is 25.0 Å². The smallest absolute Gasteiger partial charge is 0.237 e. The van der Waals surface area contributed by atoms with Crippen LogP contribution in [0, 0.1) is 5.92 Å². The predicted molar refractivity (Wildman–Crippen MR) is 93.0 cm³/mol. The molecule has 1 heterocycles. The Balaban J connectivity index is 0.00000264. The minimum absolute atomic E-state index is 0. The van der Waals surface area contributed by atoms with Crippen molar-refractivity contribution < 1.29 is 14.3 Å². The van der Waals surface area contributed by atoms with Crippen molar-refractivity contribution >= 4 is 29.9 Å². The number of nitrogens with one attached hydrogen (secondary N) is 1. The van der Waals surface area contributed by atoms with Crippen LogP contribution in [0.1, 0.15) is 24.5 Å². The van der Waals surface area contributed by atoms with Crippen LogP contribution in [0.3, 0.4) is 0 Å². The Morgan fingerprint density at radius 1 is 1.48 bits per heavy atom. The molecular weight excluding hydrogens is 339 g/mol. The molecule has 2 atom stereocenters. The molecule has 0 bridgehead atoms. The fourth-order valence-electron chi connectivity index (χ4n) is 2.64. The maximum absolute atomic E-state index is 12.2. The molecule has 0 radical (unpaired) electrons. The lowest BCUT2D eigenvalue weighted by Crippen LogP contribution is -2.48. The zero-order valence-electron chi connectivity index (χ0n) is 13.2. The molecule has 0 saturated carbocycles. The van der Waals surface area contributed by atoms with Gasteiger partial charge in [0.1, 0.15) is 0 Å². The molecule has 1 aliphatic heterocycles. The first-order valence-electron chi connectivity index (χ1n) is 7.51. The van der Waals surface area contributed by atoms with E-state index in [1.54, 1.807) is 13.2 Å². The van der Waals surface area contributed by atoms with Crippen LogP contribution < -0.4 is 11.1 Å². The average Bonchev–Trinajstić information content (AvgIpc) is 2.55. The first kappa shape index (κ1) is 20.2. The second-order valence-corrected chi connectivity index (χ2v) is 5.94. The molecule has 7 heteroatoms. The van der Waals surface area contributed by atoms with E-state index in [0.717, 1.165) is 18.4 Å². The van der Waals surface area contributed by atoms with Gasteiger partial charge < -0.3 is 20.5 Å². The number of ether oxygens (including phenoxy) is 2. The van der Waals surface area contributed by atoms with Crippen molar-refractivity contribution in [1.82, 2.24) is 5.32 Å². The summed E-state index contributed by atoms with van der Waals surface area (Å²) in [7, 11) is 1.61. The largest absolute Gasteiger partial charge is 0.381 e.